The zero-order valence-electron chi connectivity index (χ0n) is 19.1. The molecule has 0 atom stereocenters. The number of rotatable bonds is 8. The molecule has 8 nitrogen and oxygen atoms in total. The summed E-state index contributed by atoms with van der Waals surface area (Å²) in [6.07, 6.45) is 0.742. The smallest absolute Gasteiger partial charge is 0.238 e. The van der Waals surface area contributed by atoms with E-state index in [1.54, 1.807) is 0 Å². The number of piperazine rings is 1. The molecule has 0 bridgehead atoms. The average molecular weight is 453 g/mol. The molecule has 0 spiro atoms. The molecular weight excluding hydrogens is 420 g/mol. The van der Waals surface area contributed by atoms with Crippen LogP contribution in [-0.4, -0.2) is 80.6 Å². The second-order valence-electron chi connectivity index (χ2n) is 8.54. The third-order valence-electron chi connectivity index (χ3n) is 5.88. The van der Waals surface area contributed by atoms with Gasteiger partial charge in [0.25, 0.3) is 0 Å². The number of hydrogen-bond acceptors (Lipinski definition) is 6. The summed E-state index contributed by atoms with van der Waals surface area (Å²) in [6.45, 7) is 7.57. The van der Waals surface area contributed by atoms with E-state index in [1.807, 2.05) is 49.4 Å². The van der Waals surface area contributed by atoms with Crippen LogP contribution >= 0.6 is 0 Å². The lowest BCUT2D eigenvalue weighted by Gasteiger charge is -2.33. The van der Waals surface area contributed by atoms with Gasteiger partial charge in [-0.05, 0) is 43.2 Å². The van der Waals surface area contributed by atoms with Crippen molar-refractivity contribution in [3.05, 3.63) is 53.6 Å². The van der Waals surface area contributed by atoms with E-state index in [-0.39, 0.29) is 11.8 Å². The number of benzene rings is 2. The summed E-state index contributed by atoms with van der Waals surface area (Å²) < 4.78 is 11.1. The van der Waals surface area contributed by atoms with Crippen molar-refractivity contribution in [2.45, 2.75) is 13.3 Å². The molecule has 1 fully saturated rings. The number of nitrogens with zero attached hydrogens (tertiary/aromatic N) is 2. The maximum atomic E-state index is 12.3. The van der Waals surface area contributed by atoms with Gasteiger partial charge >= 0.3 is 0 Å². The maximum absolute atomic E-state index is 12.3. The Hall–Kier alpha value is -3.10. The number of nitrogens with one attached hydrogen (secondary N) is 2. The lowest BCUT2D eigenvalue weighted by Crippen LogP contribution is -2.51. The molecule has 2 aromatic rings. The Bertz CT molecular complexity index is 955. The van der Waals surface area contributed by atoms with Gasteiger partial charge in [0.15, 0.2) is 11.5 Å². The quantitative estimate of drug-likeness (QED) is 0.634. The lowest BCUT2D eigenvalue weighted by atomic mass is 10.1. The Balaban J connectivity index is 1.11. The Labute approximate surface area is 194 Å². The molecule has 2 N–H and O–H groups in total. The lowest BCUT2D eigenvalue weighted by molar-refractivity contribution is -0.123. The minimum atomic E-state index is -0.0100. The van der Waals surface area contributed by atoms with E-state index in [9.17, 15) is 9.59 Å². The highest BCUT2D eigenvalue weighted by atomic mass is 16.6. The molecule has 0 radical (unpaired) electrons. The second kappa shape index (κ2) is 11.2. The number of aryl methyl sites for hydroxylation is 1. The summed E-state index contributed by atoms with van der Waals surface area (Å²) in [4.78, 5) is 28.9. The van der Waals surface area contributed by atoms with Gasteiger partial charge in [-0.3, -0.25) is 19.4 Å². The third-order valence-corrected chi connectivity index (χ3v) is 5.88. The van der Waals surface area contributed by atoms with E-state index >= 15 is 0 Å². The third kappa shape index (κ3) is 6.94. The summed E-state index contributed by atoms with van der Waals surface area (Å²) in [5, 5.41) is 5.94. The van der Waals surface area contributed by atoms with Gasteiger partial charge in [-0.25, -0.2) is 0 Å². The van der Waals surface area contributed by atoms with E-state index in [0.717, 1.165) is 60.9 Å². The number of carbonyl (C=O) groups excluding carboxylic acids is 2. The van der Waals surface area contributed by atoms with Crippen molar-refractivity contribution in [2.24, 2.45) is 0 Å². The number of amides is 2. The van der Waals surface area contributed by atoms with Crippen LogP contribution in [0.3, 0.4) is 0 Å². The number of ether oxygens (including phenoxy) is 2. The first-order valence-electron chi connectivity index (χ1n) is 11.5. The molecule has 2 aromatic carbocycles. The molecule has 0 aliphatic carbocycles. The van der Waals surface area contributed by atoms with E-state index in [4.69, 9.17) is 9.47 Å². The summed E-state index contributed by atoms with van der Waals surface area (Å²) >= 11 is 0. The van der Waals surface area contributed by atoms with Gasteiger partial charge in [0.05, 0.1) is 13.1 Å². The Morgan fingerprint density at radius 2 is 1.48 bits per heavy atom. The molecule has 0 aromatic heterocycles. The highest BCUT2D eigenvalue weighted by Gasteiger charge is 2.20. The Morgan fingerprint density at radius 1 is 0.848 bits per heavy atom. The number of fused-ring (bicyclic) bond motifs is 1. The molecule has 1 saturated heterocycles. The highest BCUT2D eigenvalue weighted by molar-refractivity contribution is 5.92. The molecule has 176 valence electrons. The van der Waals surface area contributed by atoms with Crippen molar-refractivity contribution in [1.82, 2.24) is 15.1 Å². The van der Waals surface area contributed by atoms with Crippen LogP contribution in [-0.2, 0) is 16.0 Å². The molecule has 0 saturated carbocycles. The van der Waals surface area contributed by atoms with Crippen molar-refractivity contribution in [3.8, 4) is 11.5 Å². The summed E-state index contributed by atoms with van der Waals surface area (Å²) in [5.74, 6) is 1.57. The van der Waals surface area contributed by atoms with Crippen LogP contribution in [0.5, 0.6) is 11.5 Å². The normalized spacial score (nSPS) is 16.3. The van der Waals surface area contributed by atoms with Crippen molar-refractivity contribution in [1.29, 1.82) is 0 Å². The fourth-order valence-corrected chi connectivity index (χ4v) is 3.99. The molecule has 2 amide bonds. The van der Waals surface area contributed by atoms with Gasteiger partial charge in [-0.2, -0.15) is 0 Å². The van der Waals surface area contributed by atoms with Crippen molar-refractivity contribution < 1.29 is 19.1 Å². The minimum Gasteiger partial charge on any atom is -0.486 e. The van der Waals surface area contributed by atoms with Gasteiger partial charge in [0.2, 0.25) is 11.8 Å². The SMILES string of the molecule is Cc1ccc(NC(=O)CN2CCN(CC(=O)NCCc3ccc4c(c3)OCCO4)CC2)cc1. The van der Waals surface area contributed by atoms with Gasteiger partial charge in [-0.1, -0.05) is 23.8 Å². The molecule has 2 aliphatic heterocycles. The fraction of sp³-hybridized carbons (Fsp3) is 0.440. The largest absolute Gasteiger partial charge is 0.486 e. The van der Waals surface area contributed by atoms with Gasteiger partial charge in [-0.15, -0.1) is 0 Å². The van der Waals surface area contributed by atoms with Crippen LogP contribution in [0.2, 0.25) is 0 Å². The highest BCUT2D eigenvalue weighted by Crippen LogP contribution is 2.30. The van der Waals surface area contributed by atoms with E-state index in [1.165, 1.54) is 0 Å². The molecule has 4 rings (SSSR count). The van der Waals surface area contributed by atoms with Gasteiger partial charge < -0.3 is 20.1 Å². The number of hydrogen-bond donors (Lipinski definition) is 2. The summed E-state index contributed by atoms with van der Waals surface area (Å²) in [7, 11) is 0. The number of carbonyl (C=O) groups is 2. The zero-order chi connectivity index (χ0) is 23.0. The van der Waals surface area contributed by atoms with Crippen molar-refractivity contribution in [3.63, 3.8) is 0 Å². The molecular formula is C25H32N4O4. The molecule has 2 heterocycles. The number of anilines is 1. The second-order valence-corrected chi connectivity index (χ2v) is 8.54. The minimum absolute atomic E-state index is 0.0100. The van der Waals surface area contributed by atoms with Crippen LogP contribution < -0.4 is 20.1 Å². The Kier molecular flexibility index (Phi) is 7.80. The van der Waals surface area contributed by atoms with Crippen LogP contribution in [0.4, 0.5) is 5.69 Å². The summed E-state index contributed by atoms with van der Waals surface area (Å²) in [6, 6.07) is 13.7. The van der Waals surface area contributed by atoms with E-state index in [0.29, 0.717) is 32.8 Å². The zero-order valence-corrected chi connectivity index (χ0v) is 19.1. The van der Waals surface area contributed by atoms with Crippen LogP contribution in [0.25, 0.3) is 0 Å². The van der Waals surface area contributed by atoms with Gasteiger partial charge in [0.1, 0.15) is 13.2 Å². The monoisotopic (exact) mass is 452 g/mol. The standard InChI is InChI=1S/C25H32N4O4/c1-19-2-5-21(6-3-19)27-25(31)18-29-12-10-28(11-13-29)17-24(30)26-9-8-20-4-7-22-23(16-20)33-15-14-32-22/h2-7,16H,8-15,17-18H2,1H3,(H,26,30)(H,27,31). The first-order chi connectivity index (χ1) is 16.0. The van der Waals surface area contributed by atoms with Crippen molar-refractivity contribution in [2.75, 3.05) is 64.3 Å². The van der Waals surface area contributed by atoms with Crippen LogP contribution in [0.1, 0.15) is 11.1 Å². The van der Waals surface area contributed by atoms with Crippen LogP contribution in [0, 0.1) is 6.92 Å². The molecule has 33 heavy (non-hydrogen) atoms. The Morgan fingerprint density at radius 3 is 2.18 bits per heavy atom. The predicted molar refractivity (Wildman–Crippen MR) is 127 cm³/mol. The van der Waals surface area contributed by atoms with Crippen LogP contribution in [0.15, 0.2) is 42.5 Å². The average Bonchev–Trinajstić information content (AvgIpc) is 2.82. The fourth-order valence-electron chi connectivity index (χ4n) is 3.99. The summed E-state index contributed by atoms with van der Waals surface area (Å²) in [5.41, 5.74) is 3.09. The molecule has 0 unspecified atom stereocenters. The van der Waals surface area contributed by atoms with Crippen molar-refractivity contribution >= 4 is 17.5 Å². The first-order valence-corrected chi connectivity index (χ1v) is 11.5. The first kappa shape index (κ1) is 23.1. The van der Waals surface area contributed by atoms with Gasteiger partial charge in [0, 0.05) is 38.4 Å². The van der Waals surface area contributed by atoms with E-state index < -0.39 is 0 Å². The topological polar surface area (TPSA) is 83.1 Å². The molecule has 2 aliphatic rings. The van der Waals surface area contributed by atoms with E-state index in [2.05, 4.69) is 20.4 Å². The maximum Gasteiger partial charge on any atom is 0.238 e. The predicted octanol–water partition coefficient (Wildman–Crippen LogP) is 1.68. The molecule has 8 heteroatoms.